The molecule has 5 rings (SSSR count). The van der Waals surface area contributed by atoms with Gasteiger partial charge in [0.25, 0.3) is 0 Å². The van der Waals surface area contributed by atoms with Gasteiger partial charge in [-0.3, -0.25) is 9.48 Å². The number of carbonyl (C=O) groups excluding carboxylic acids is 1. The SMILES string of the molecule is CC(C)(O)C#Cc1ccc(-c2cnc3[nH]ccc3c2)c(C(Cc2cc(F)cc(F)c2)NC(=O)Cn2cc(CCCC(F)F)c(C(F)(F)F)n2)n1. The van der Waals surface area contributed by atoms with Crippen LogP contribution in [0.2, 0.25) is 0 Å². The number of benzene rings is 1. The largest absolute Gasteiger partial charge is 0.435 e. The second-order valence-electron chi connectivity index (χ2n) is 12.2. The fourth-order valence-corrected chi connectivity index (χ4v) is 5.34. The van der Waals surface area contributed by atoms with Crippen molar-refractivity contribution in [3.05, 3.63) is 101 Å². The van der Waals surface area contributed by atoms with E-state index in [0.717, 1.165) is 28.4 Å². The highest BCUT2D eigenvalue weighted by molar-refractivity contribution is 5.82. The van der Waals surface area contributed by atoms with Crippen molar-refractivity contribution in [2.45, 2.75) is 70.3 Å². The molecule has 4 heterocycles. The molecule has 0 radical (unpaired) electrons. The Hall–Kier alpha value is -5.23. The number of rotatable bonds is 11. The molecule has 15 heteroatoms. The van der Waals surface area contributed by atoms with Crippen molar-refractivity contribution >= 4 is 16.9 Å². The maximum atomic E-state index is 14.3. The van der Waals surface area contributed by atoms with Crippen LogP contribution in [0, 0.1) is 23.5 Å². The predicted octanol–water partition coefficient (Wildman–Crippen LogP) is 6.93. The van der Waals surface area contributed by atoms with Gasteiger partial charge in [0, 0.05) is 53.2 Å². The number of hydrogen-bond donors (Lipinski definition) is 3. The normalized spacial score (nSPS) is 12.6. The van der Waals surface area contributed by atoms with E-state index in [0.29, 0.717) is 22.8 Å². The van der Waals surface area contributed by atoms with Gasteiger partial charge >= 0.3 is 6.18 Å². The molecule has 0 bridgehead atoms. The van der Waals surface area contributed by atoms with Crippen molar-refractivity contribution in [2.24, 2.45) is 0 Å². The van der Waals surface area contributed by atoms with Crippen molar-refractivity contribution in [1.29, 1.82) is 0 Å². The van der Waals surface area contributed by atoms with E-state index >= 15 is 0 Å². The van der Waals surface area contributed by atoms with Gasteiger partial charge < -0.3 is 15.4 Å². The second-order valence-corrected chi connectivity index (χ2v) is 12.2. The van der Waals surface area contributed by atoms with E-state index in [1.807, 2.05) is 0 Å². The Morgan fingerprint density at radius 1 is 1.08 bits per heavy atom. The first kappa shape index (κ1) is 36.1. The Morgan fingerprint density at radius 3 is 2.50 bits per heavy atom. The van der Waals surface area contributed by atoms with Gasteiger partial charge in [0.2, 0.25) is 12.3 Å². The molecule has 0 saturated carbocycles. The summed E-state index contributed by atoms with van der Waals surface area (Å²) in [5, 5.41) is 17.2. The van der Waals surface area contributed by atoms with Crippen LogP contribution < -0.4 is 5.32 Å². The zero-order valence-electron chi connectivity index (χ0n) is 26.8. The third-order valence-electron chi connectivity index (χ3n) is 7.44. The summed E-state index contributed by atoms with van der Waals surface area (Å²) in [6, 6.07) is 8.53. The van der Waals surface area contributed by atoms with Crippen LogP contribution in [0.1, 0.15) is 60.9 Å². The molecule has 0 fully saturated rings. The van der Waals surface area contributed by atoms with Crippen LogP contribution in [0.3, 0.4) is 0 Å². The number of alkyl halides is 5. The standard InChI is InChI=1S/C35H31F7N6O2/c1-34(2,50)10-8-26-6-7-27(23-15-21-9-11-43-33(21)44-17-23)31(45-26)28(14-20-12-24(36)16-25(37)13-20)46-30(49)19-48-18-22(4-3-5-29(38)39)32(47-48)35(40,41)42/h6-7,9,11-13,15-18,28-29,50H,3-5,14,19H2,1-2H3,(H,43,44)(H,46,49). The van der Waals surface area contributed by atoms with Crippen molar-refractivity contribution in [1.82, 2.24) is 30.0 Å². The van der Waals surface area contributed by atoms with E-state index in [1.165, 1.54) is 13.8 Å². The van der Waals surface area contributed by atoms with E-state index in [2.05, 4.69) is 37.2 Å². The van der Waals surface area contributed by atoms with Crippen LogP contribution in [-0.2, 0) is 30.4 Å². The smallest absolute Gasteiger partial charge is 0.378 e. The number of aromatic nitrogens is 5. The fraction of sp³-hybridized carbons (Fsp3) is 0.314. The Bertz CT molecular complexity index is 2030. The van der Waals surface area contributed by atoms with Crippen molar-refractivity contribution in [3.8, 4) is 23.0 Å². The summed E-state index contributed by atoms with van der Waals surface area (Å²) in [5.41, 5.74) is -0.901. The van der Waals surface area contributed by atoms with Gasteiger partial charge in [-0.25, -0.2) is 27.5 Å². The summed E-state index contributed by atoms with van der Waals surface area (Å²) in [5.74, 6) is 2.85. The number of fused-ring (bicyclic) bond motifs is 1. The molecule has 5 aromatic rings. The third-order valence-corrected chi connectivity index (χ3v) is 7.44. The Balaban J connectivity index is 1.56. The van der Waals surface area contributed by atoms with E-state index in [4.69, 9.17) is 0 Å². The van der Waals surface area contributed by atoms with E-state index in [1.54, 1.807) is 36.7 Å². The Morgan fingerprint density at radius 2 is 1.82 bits per heavy atom. The molecule has 1 aromatic carbocycles. The molecule has 0 aliphatic carbocycles. The fourth-order valence-electron chi connectivity index (χ4n) is 5.34. The monoisotopic (exact) mass is 700 g/mol. The Labute approximate surface area is 281 Å². The van der Waals surface area contributed by atoms with Crippen molar-refractivity contribution in [2.75, 3.05) is 0 Å². The number of nitrogens with one attached hydrogen (secondary N) is 2. The van der Waals surface area contributed by atoms with Gasteiger partial charge in [-0.2, -0.15) is 18.3 Å². The highest BCUT2D eigenvalue weighted by Gasteiger charge is 2.37. The van der Waals surface area contributed by atoms with Gasteiger partial charge in [-0.1, -0.05) is 5.92 Å². The first-order valence-corrected chi connectivity index (χ1v) is 15.4. The van der Waals surface area contributed by atoms with Crippen molar-refractivity contribution in [3.63, 3.8) is 0 Å². The first-order chi connectivity index (χ1) is 23.5. The lowest BCUT2D eigenvalue weighted by molar-refractivity contribution is -0.142. The molecule has 1 amide bonds. The molecule has 0 spiro atoms. The van der Waals surface area contributed by atoms with Crippen LogP contribution >= 0.6 is 0 Å². The zero-order valence-corrected chi connectivity index (χ0v) is 26.8. The molecule has 4 aromatic heterocycles. The van der Waals surface area contributed by atoms with Gasteiger partial charge in [0.15, 0.2) is 5.69 Å². The zero-order chi connectivity index (χ0) is 36.2. The molecule has 3 N–H and O–H groups in total. The molecular weight excluding hydrogens is 669 g/mol. The van der Waals surface area contributed by atoms with Gasteiger partial charge in [-0.05, 0) is 81.0 Å². The third kappa shape index (κ3) is 9.47. The maximum absolute atomic E-state index is 14.3. The van der Waals surface area contributed by atoms with Crippen LogP contribution in [0.15, 0.2) is 61.1 Å². The predicted molar refractivity (Wildman–Crippen MR) is 170 cm³/mol. The first-order valence-electron chi connectivity index (χ1n) is 15.4. The van der Waals surface area contributed by atoms with Gasteiger partial charge in [0.05, 0.1) is 11.7 Å². The Kier molecular flexibility index (Phi) is 10.6. The van der Waals surface area contributed by atoms with Gasteiger partial charge in [-0.15, -0.1) is 0 Å². The lowest BCUT2D eigenvalue weighted by atomic mass is 9.95. The molecule has 262 valence electrons. The minimum Gasteiger partial charge on any atom is -0.378 e. The second kappa shape index (κ2) is 14.7. The average Bonchev–Trinajstić information content (AvgIpc) is 3.65. The minimum absolute atomic E-state index is 0.132. The molecule has 0 aliphatic heterocycles. The number of pyridine rings is 2. The number of H-pyrrole nitrogens is 1. The average molecular weight is 701 g/mol. The maximum Gasteiger partial charge on any atom is 0.435 e. The van der Waals surface area contributed by atoms with E-state index in [-0.39, 0.29) is 41.8 Å². The number of aryl methyl sites for hydroxylation is 1. The van der Waals surface area contributed by atoms with Crippen LogP contribution in [-0.4, -0.2) is 47.8 Å². The quantitative estimate of drug-likeness (QED) is 0.102. The molecule has 50 heavy (non-hydrogen) atoms. The minimum atomic E-state index is -4.90. The molecule has 1 unspecified atom stereocenters. The highest BCUT2D eigenvalue weighted by Crippen LogP contribution is 2.33. The number of amides is 1. The lowest BCUT2D eigenvalue weighted by Gasteiger charge is -2.22. The topological polar surface area (TPSA) is 109 Å². The van der Waals surface area contributed by atoms with Crippen LogP contribution in [0.4, 0.5) is 30.7 Å². The number of aromatic amines is 1. The molecule has 8 nitrogen and oxygen atoms in total. The number of nitrogens with zero attached hydrogens (tertiary/aromatic N) is 4. The summed E-state index contributed by atoms with van der Waals surface area (Å²) in [6.45, 7) is 2.23. The highest BCUT2D eigenvalue weighted by atomic mass is 19.4. The summed E-state index contributed by atoms with van der Waals surface area (Å²) >= 11 is 0. The molecule has 1 atom stereocenters. The molecular formula is C35H31F7N6O2. The summed E-state index contributed by atoms with van der Waals surface area (Å²) < 4.78 is 95.9. The van der Waals surface area contributed by atoms with Gasteiger partial charge in [0.1, 0.15) is 35.1 Å². The number of aliphatic hydroxyl groups is 1. The molecule has 0 aliphatic rings. The molecule has 0 saturated heterocycles. The number of hydrogen-bond acceptors (Lipinski definition) is 5. The summed E-state index contributed by atoms with van der Waals surface area (Å²) in [7, 11) is 0. The van der Waals surface area contributed by atoms with Crippen LogP contribution in [0.5, 0.6) is 0 Å². The summed E-state index contributed by atoms with van der Waals surface area (Å²) in [4.78, 5) is 25.6. The summed E-state index contributed by atoms with van der Waals surface area (Å²) in [6.07, 6.45) is -4.73. The van der Waals surface area contributed by atoms with E-state index < -0.39 is 60.4 Å². The number of carbonyl (C=O) groups is 1. The lowest BCUT2D eigenvalue weighted by Crippen LogP contribution is -2.34. The van der Waals surface area contributed by atoms with Crippen molar-refractivity contribution < 1.29 is 40.6 Å². The number of halogens is 7. The van der Waals surface area contributed by atoms with E-state index in [9.17, 15) is 40.6 Å². The van der Waals surface area contributed by atoms with Crippen LogP contribution in [0.25, 0.3) is 22.2 Å².